The van der Waals surface area contributed by atoms with Crippen LogP contribution in [0.4, 0.5) is 9.80 Å². The Kier molecular flexibility index (Phi) is 3.36. The number of aromatic nitrogens is 1. The molecule has 0 aliphatic carbocycles. The molecule has 0 saturated carbocycles. The highest BCUT2D eigenvalue weighted by atomic mass is 32.1. The Balaban J connectivity index is 2.44. The van der Waals surface area contributed by atoms with Gasteiger partial charge in [0.2, 0.25) is 0 Å². The molecule has 88 valence electrons. The number of aliphatic hydroxyl groups excluding tert-OH is 1. The zero-order valence-electron chi connectivity index (χ0n) is 8.88. The van der Waals surface area contributed by atoms with E-state index in [0.29, 0.717) is 15.7 Å². The third-order valence-electron chi connectivity index (χ3n) is 2.09. The van der Waals surface area contributed by atoms with Crippen LogP contribution in [0.15, 0.2) is 30.3 Å². The highest BCUT2D eigenvalue weighted by Crippen LogP contribution is 2.32. The number of carbonyl (C=O) groups is 1. The van der Waals surface area contributed by atoms with Crippen LogP contribution in [-0.2, 0) is 6.61 Å². The third kappa shape index (κ3) is 2.61. The first-order valence-corrected chi connectivity index (χ1v) is 5.75. The lowest BCUT2D eigenvalue weighted by atomic mass is 10.2. The summed E-state index contributed by atoms with van der Waals surface area (Å²) in [5.74, 6) is 0. The van der Waals surface area contributed by atoms with Gasteiger partial charge in [-0.25, -0.2) is 9.78 Å². The van der Waals surface area contributed by atoms with Gasteiger partial charge in [-0.05, 0) is 0 Å². The van der Waals surface area contributed by atoms with Crippen molar-refractivity contribution in [3.8, 4) is 11.3 Å². The second-order valence-corrected chi connectivity index (χ2v) is 4.38. The van der Waals surface area contributed by atoms with Crippen molar-refractivity contribution < 1.29 is 9.90 Å². The molecule has 0 bridgehead atoms. The van der Waals surface area contributed by atoms with E-state index >= 15 is 0 Å². The van der Waals surface area contributed by atoms with Gasteiger partial charge in [0.15, 0.2) is 0 Å². The number of benzene rings is 1. The van der Waals surface area contributed by atoms with Crippen LogP contribution in [0.25, 0.3) is 11.3 Å². The lowest BCUT2D eigenvalue weighted by Gasteiger charge is -2.01. The van der Waals surface area contributed by atoms with Crippen LogP contribution in [-0.4, -0.2) is 16.1 Å². The van der Waals surface area contributed by atoms with Crippen LogP contribution < -0.4 is 11.1 Å². The zero-order chi connectivity index (χ0) is 12.3. The highest BCUT2D eigenvalue weighted by molar-refractivity contribution is 7.16. The maximum Gasteiger partial charge on any atom is 0.317 e. The second kappa shape index (κ2) is 4.94. The number of anilines is 1. The molecule has 0 unspecified atom stereocenters. The number of carbonyl (C=O) groups excluding carboxylic acids is 1. The Morgan fingerprint density at radius 1 is 1.41 bits per heavy atom. The summed E-state index contributed by atoms with van der Waals surface area (Å²) in [4.78, 5) is 15.1. The molecule has 0 atom stereocenters. The number of urea groups is 1. The standard InChI is InChI=1S/C11H11N3O2S/c12-11(16)14-10-9(13-8(6-15)17-10)7-4-2-1-3-5-7/h1-5,15H,6H2,(H3,12,14,16). The Morgan fingerprint density at radius 3 is 2.71 bits per heavy atom. The second-order valence-electron chi connectivity index (χ2n) is 3.30. The fourth-order valence-corrected chi connectivity index (χ4v) is 2.27. The van der Waals surface area contributed by atoms with E-state index in [1.807, 2.05) is 30.3 Å². The SMILES string of the molecule is NC(=O)Nc1sc(CO)nc1-c1ccccc1. The monoisotopic (exact) mass is 249 g/mol. The van der Waals surface area contributed by atoms with Crippen LogP contribution in [0.2, 0.25) is 0 Å². The smallest absolute Gasteiger partial charge is 0.317 e. The Bertz CT molecular complexity index is 525. The van der Waals surface area contributed by atoms with Crippen molar-refractivity contribution in [1.29, 1.82) is 0 Å². The minimum absolute atomic E-state index is 0.162. The fourth-order valence-electron chi connectivity index (χ4n) is 1.42. The van der Waals surface area contributed by atoms with E-state index in [0.717, 1.165) is 5.56 Å². The van der Waals surface area contributed by atoms with Crippen molar-refractivity contribution in [3.05, 3.63) is 35.3 Å². The minimum atomic E-state index is -0.643. The molecule has 0 aliphatic rings. The Morgan fingerprint density at radius 2 is 2.12 bits per heavy atom. The van der Waals surface area contributed by atoms with Gasteiger partial charge in [0.05, 0.1) is 6.61 Å². The van der Waals surface area contributed by atoms with E-state index in [1.165, 1.54) is 11.3 Å². The highest BCUT2D eigenvalue weighted by Gasteiger charge is 2.13. The number of primary amides is 1. The van der Waals surface area contributed by atoms with Gasteiger partial charge in [0, 0.05) is 5.56 Å². The summed E-state index contributed by atoms with van der Waals surface area (Å²) >= 11 is 1.21. The molecule has 2 aromatic rings. The van der Waals surface area contributed by atoms with Gasteiger partial charge < -0.3 is 10.8 Å². The van der Waals surface area contributed by atoms with Gasteiger partial charge in [0.1, 0.15) is 15.7 Å². The van der Waals surface area contributed by atoms with Crippen LogP contribution in [0.5, 0.6) is 0 Å². The molecule has 6 heteroatoms. The summed E-state index contributed by atoms with van der Waals surface area (Å²) in [5, 5.41) is 12.7. The Hall–Kier alpha value is -1.92. The van der Waals surface area contributed by atoms with Gasteiger partial charge >= 0.3 is 6.03 Å². The molecule has 0 fully saturated rings. The van der Waals surface area contributed by atoms with E-state index in [4.69, 9.17) is 10.8 Å². The average Bonchev–Trinajstić information content (AvgIpc) is 2.72. The summed E-state index contributed by atoms with van der Waals surface area (Å²) in [6, 6.07) is 8.76. The molecular formula is C11H11N3O2S. The van der Waals surface area contributed by atoms with Crippen LogP contribution in [0, 0.1) is 0 Å². The van der Waals surface area contributed by atoms with Crippen LogP contribution in [0.1, 0.15) is 5.01 Å². The number of amides is 2. The van der Waals surface area contributed by atoms with Crippen molar-refractivity contribution >= 4 is 22.4 Å². The molecule has 2 amide bonds. The van der Waals surface area contributed by atoms with E-state index < -0.39 is 6.03 Å². The summed E-state index contributed by atoms with van der Waals surface area (Å²) in [7, 11) is 0. The number of thiazole rings is 1. The van der Waals surface area contributed by atoms with Crippen LogP contribution in [0.3, 0.4) is 0 Å². The predicted molar refractivity (Wildman–Crippen MR) is 66.7 cm³/mol. The van der Waals surface area contributed by atoms with Crippen molar-refractivity contribution in [2.45, 2.75) is 6.61 Å². The molecule has 0 radical (unpaired) electrons. The van der Waals surface area contributed by atoms with E-state index in [9.17, 15) is 4.79 Å². The molecule has 1 heterocycles. The summed E-state index contributed by atoms with van der Waals surface area (Å²) in [6.07, 6.45) is 0. The average molecular weight is 249 g/mol. The predicted octanol–water partition coefficient (Wildman–Crippen LogP) is 1.79. The number of hydrogen-bond acceptors (Lipinski definition) is 4. The number of nitrogens with two attached hydrogens (primary N) is 1. The third-order valence-corrected chi connectivity index (χ3v) is 3.05. The topological polar surface area (TPSA) is 88.2 Å². The number of aliphatic hydroxyl groups is 1. The minimum Gasteiger partial charge on any atom is -0.389 e. The van der Waals surface area contributed by atoms with Gasteiger partial charge in [-0.2, -0.15) is 0 Å². The molecule has 2 rings (SSSR count). The van der Waals surface area contributed by atoms with E-state index in [1.54, 1.807) is 0 Å². The molecule has 0 aliphatic heterocycles. The van der Waals surface area contributed by atoms with E-state index in [-0.39, 0.29) is 6.61 Å². The van der Waals surface area contributed by atoms with Crippen molar-refractivity contribution in [2.75, 3.05) is 5.32 Å². The fraction of sp³-hybridized carbons (Fsp3) is 0.0909. The van der Waals surface area contributed by atoms with Crippen molar-refractivity contribution in [3.63, 3.8) is 0 Å². The van der Waals surface area contributed by atoms with Gasteiger partial charge in [-0.15, -0.1) is 0 Å². The lowest BCUT2D eigenvalue weighted by molar-refractivity contribution is 0.259. The van der Waals surface area contributed by atoms with Gasteiger partial charge in [0.25, 0.3) is 0 Å². The largest absolute Gasteiger partial charge is 0.389 e. The molecule has 17 heavy (non-hydrogen) atoms. The molecule has 4 N–H and O–H groups in total. The maximum atomic E-state index is 10.9. The molecule has 0 saturated heterocycles. The number of hydrogen-bond donors (Lipinski definition) is 3. The maximum absolute atomic E-state index is 10.9. The summed E-state index contributed by atoms with van der Waals surface area (Å²) < 4.78 is 0. The van der Waals surface area contributed by atoms with Gasteiger partial charge in [-0.3, -0.25) is 5.32 Å². The molecule has 1 aromatic carbocycles. The quantitative estimate of drug-likeness (QED) is 0.774. The first-order valence-electron chi connectivity index (χ1n) is 4.93. The Labute approximate surface area is 102 Å². The van der Waals surface area contributed by atoms with Crippen molar-refractivity contribution in [1.82, 2.24) is 4.98 Å². The van der Waals surface area contributed by atoms with Crippen LogP contribution >= 0.6 is 11.3 Å². The first kappa shape index (κ1) is 11.6. The zero-order valence-corrected chi connectivity index (χ0v) is 9.70. The summed E-state index contributed by atoms with van der Waals surface area (Å²) in [5.41, 5.74) is 6.58. The normalized spacial score (nSPS) is 10.2. The van der Waals surface area contributed by atoms with Gasteiger partial charge in [-0.1, -0.05) is 41.7 Å². The molecular weight excluding hydrogens is 238 g/mol. The number of nitrogens with one attached hydrogen (secondary N) is 1. The summed E-state index contributed by atoms with van der Waals surface area (Å²) in [6.45, 7) is -0.162. The molecule has 0 spiro atoms. The van der Waals surface area contributed by atoms with E-state index in [2.05, 4.69) is 10.3 Å². The number of rotatable bonds is 3. The first-order chi connectivity index (χ1) is 8.20. The molecule has 5 nitrogen and oxygen atoms in total. The number of nitrogens with zero attached hydrogens (tertiary/aromatic N) is 1. The lowest BCUT2D eigenvalue weighted by Crippen LogP contribution is -2.18. The molecule has 1 aromatic heterocycles. The van der Waals surface area contributed by atoms with Crippen molar-refractivity contribution in [2.24, 2.45) is 5.73 Å².